The molecule has 0 spiro atoms. The van der Waals surface area contributed by atoms with Gasteiger partial charge in [-0.2, -0.15) is 0 Å². The summed E-state index contributed by atoms with van der Waals surface area (Å²) in [7, 11) is 1.68. The molecule has 0 bridgehead atoms. The minimum atomic E-state index is 0.601. The van der Waals surface area contributed by atoms with E-state index in [1.807, 2.05) is 44.2 Å². The molecular formula is C21H23NO3S. The largest absolute Gasteiger partial charge is 0.497 e. The lowest BCUT2D eigenvalue weighted by Gasteiger charge is -2.11. The van der Waals surface area contributed by atoms with E-state index < -0.39 is 0 Å². The van der Waals surface area contributed by atoms with Crippen molar-refractivity contribution in [2.75, 3.05) is 20.3 Å². The third-order valence-electron chi connectivity index (χ3n) is 3.91. The minimum absolute atomic E-state index is 0.601. The molecule has 0 saturated carbocycles. The molecular weight excluding hydrogens is 346 g/mol. The van der Waals surface area contributed by atoms with Gasteiger partial charge in [-0.25, -0.2) is 4.98 Å². The highest BCUT2D eigenvalue weighted by Gasteiger charge is 2.10. The van der Waals surface area contributed by atoms with Gasteiger partial charge in [0, 0.05) is 17.4 Å². The Balaban J connectivity index is 1.78. The number of ether oxygens (including phenoxy) is 3. The van der Waals surface area contributed by atoms with Crippen molar-refractivity contribution in [2.45, 2.75) is 20.3 Å². The molecule has 0 fully saturated rings. The topological polar surface area (TPSA) is 40.6 Å². The van der Waals surface area contributed by atoms with Gasteiger partial charge in [-0.3, -0.25) is 0 Å². The molecule has 26 heavy (non-hydrogen) atoms. The van der Waals surface area contributed by atoms with Crippen LogP contribution in [0.15, 0.2) is 47.8 Å². The number of methoxy groups -OCH3 is 1. The molecule has 136 valence electrons. The molecule has 1 aromatic heterocycles. The fourth-order valence-electron chi connectivity index (χ4n) is 2.65. The summed E-state index contributed by atoms with van der Waals surface area (Å²) in [6.07, 6.45) is 0.810. The third-order valence-corrected chi connectivity index (χ3v) is 4.75. The second-order valence-corrected chi connectivity index (χ2v) is 6.62. The van der Waals surface area contributed by atoms with E-state index in [2.05, 4.69) is 17.5 Å². The lowest BCUT2D eigenvalue weighted by Crippen LogP contribution is -1.98. The summed E-state index contributed by atoms with van der Waals surface area (Å²) in [6, 6.07) is 14.1. The summed E-state index contributed by atoms with van der Waals surface area (Å²) < 4.78 is 16.5. The third kappa shape index (κ3) is 4.35. The predicted molar refractivity (Wildman–Crippen MR) is 106 cm³/mol. The Labute approximate surface area is 158 Å². The molecule has 0 atom stereocenters. The van der Waals surface area contributed by atoms with Gasteiger partial charge in [0.25, 0.3) is 0 Å². The predicted octanol–water partition coefficient (Wildman–Crippen LogP) is 5.21. The Kier molecular flexibility index (Phi) is 6.12. The number of hydrogen-bond donors (Lipinski definition) is 0. The van der Waals surface area contributed by atoms with Gasteiger partial charge in [-0.05, 0) is 49.7 Å². The number of rotatable bonds is 8. The second kappa shape index (κ2) is 8.72. The standard InChI is InChI=1S/C21H23NO3S/c1-4-24-19-11-8-16(13-20(19)25-5-2)18-14-26-21(22-18)12-15-6-9-17(23-3)10-7-15/h6-11,13-14H,4-5,12H2,1-3H3. The van der Waals surface area contributed by atoms with Crippen molar-refractivity contribution in [3.8, 4) is 28.5 Å². The first-order valence-electron chi connectivity index (χ1n) is 8.70. The van der Waals surface area contributed by atoms with E-state index in [9.17, 15) is 0 Å². The summed E-state index contributed by atoms with van der Waals surface area (Å²) in [5.41, 5.74) is 3.21. The number of thiazole rings is 1. The molecule has 2 aromatic carbocycles. The van der Waals surface area contributed by atoms with Crippen molar-refractivity contribution in [2.24, 2.45) is 0 Å². The van der Waals surface area contributed by atoms with Crippen LogP contribution in [0.25, 0.3) is 11.3 Å². The van der Waals surface area contributed by atoms with E-state index in [1.165, 1.54) is 5.56 Å². The van der Waals surface area contributed by atoms with Crippen LogP contribution in [0.5, 0.6) is 17.2 Å². The average Bonchev–Trinajstić information content (AvgIpc) is 3.13. The maximum absolute atomic E-state index is 5.71. The van der Waals surface area contributed by atoms with Gasteiger partial charge in [0.1, 0.15) is 5.75 Å². The molecule has 0 amide bonds. The zero-order valence-corrected chi connectivity index (χ0v) is 16.1. The lowest BCUT2D eigenvalue weighted by molar-refractivity contribution is 0.288. The second-order valence-electron chi connectivity index (χ2n) is 5.68. The molecule has 5 heteroatoms. The van der Waals surface area contributed by atoms with Crippen molar-refractivity contribution in [3.63, 3.8) is 0 Å². The van der Waals surface area contributed by atoms with Crippen LogP contribution in [0.3, 0.4) is 0 Å². The van der Waals surface area contributed by atoms with Crippen LogP contribution < -0.4 is 14.2 Å². The maximum Gasteiger partial charge on any atom is 0.161 e. The van der Waals surface area contributed by atoms with Gasteiger partial charge in [0.05, 0.1) is 31.0 Å². The Morgan fingerprint density at radius 2 is 1.65 bits per heavy atom. The number of aromatic nitrogens is 1. The van der Waals surface area contributed by atoms with Crippen molar-refractivity contribution in [1.29, 1.82) is 0 Å². The van der Waals surface area contributed by atoms with Crippen LogP contribution in [0.1, 0.15) is 24.4 Å². The molecule has 4 nitrogen and oxygen atoms in total. The highest BCUT2D eigenvalue weighted by Crippen LogP contribution is 2.33. The van der Waals surface area contributed by atoms with Gasteiger partial charge < -0.3 is 14.2 Å². The Morgan fingerprint density at radius 3 is 2.35 bits per heavy atom. The molecule has 0 saturated heterocycles. The van der Waals surface area contributed by atoms with Crippen molar-refractivity contribution in [1.82, 2.24) is 4.98 Å². The molecule has 3 rings (SSSR count). The van der Waals surface area contributed by atoms with Crippen LogP contribution >= 0.6 is 11.3 Å². The molecule has 0 aliphatic heterocycles. The molecule has 0 radical (unpaired) electrons. The van der Waals surface area contributed by atoms with E-state index >= 15 is 0 Å². The lowest BCUT2D eigenvalue weighted by atomic mass is 10.1. The molecule has 0 unspecified atom stereocenters. The van der Waals surface area contributed by atoms with Crippen LogP contribution in [0, 0.1) is 0 Å². The SMILES string of the molecule is CCOc1ccc(-c2csc(Cc3ccc(OC)cc3)n2)cc1OCC. The fourth-order valence-corrected chi connectivity index (χ4v) is 3.49. The van der Waals surface area contributed by atoms with Crippen LogP contribution in [-0.2, 0) is 6.42 Å². The van der Waals surface area contributed by atoms with Gasteiger partial charge >= 0.3 is 0 Å². The number of benzene rings is 2. The first-order chi connectivity index (χ1) is 12.7. The van der Waals surface area contributed by atoms with Gasteiger partial charge in [-0.15, -0.1) is 11.3 Å². The van der Waals surface area contributed by atoms with Crippen LogP contribution in [-0.4, -0.2) is 25.3 Å². The first-order valence-corrected chi connectivity index (χ1v) is 9.58. The van der Waals surface area contributed by atoms with Crippen molar-refractivity contribution >= 4 is 11.3 Å². The van der Waals surface area contributed by atoms with E-state index in [0.29, 0.717) is 13.2 Å². The normalized spacial score (nSPS) is 10.6. The average molecular weight is 369 g/mol. The monoisotopic (exact) mass is 369 g/mol. The summed E-state index contributed by atoms with van der Waals surface area (Å²) in [6.45, 7) is 5.15. The highest BCUT2D eigenvalue weighted by molar-refractivity contribution is 7.10. The summed E-state index contributed by atoms with van der Waals surface area (Å²) >= 11 is 1.67. The van der Waals surface area contributed by atoms with Gasteiger partial charge in [-0.1, -0.05) is 12.1 Å². The smallest absolute Gasteiger partial charge is 0.161 e. The Hall–Kier alpha value is -2.53. The fraction of sp³-hybridized carbons (Fsp3) is 0.286. The molecule has 0 aliphatic carbocycles. The zero-order valence-electron chi connectivity index (χ0n) is 15.3. The highest BCUT2D eigenvalue weighted by atomic mass is 32.1. The quantitative estimate of drug-likeness (QED) is 0.547. The Bertz CT molecular complexity index is 843. The van der Waals surface area contributed by atoms with E-state index in [1.54, 1.807) is 18.4 Å². The summed E-state index contributed by atoms with van der Waals surface area (Å²) in [5.74, 6) is 2.40. The van der Waals surface area contributed by atoms with Crippen molar-refractivity contribution in [3.05, 3.63) is 58.4 Å². The minimum Gasteiger partial charge on any atom is -0.497 e. The van der Waals surface area contributed by atoms with Crippen molar-refractivity contribution < 1.29 is 14.2 Å². The number of hydrogen-bond acceptors (Lipinski definition) is 5. The maximum atomic E-state index is 5.71. The van der Waals surface area contributed by atoms with E-state index in [0.717, 1.165) is 39.9 Å². The Morgan fingerprint density at radius 1 is 0.923 bits per heavy atom. The van der Waals surface area contributed by atoms with E-state index in [-0.39, 0.29) is 0 Å². The van der Waals surface area contributed by atoms with Gasteiger partial charge in [0.2, 0.25) is 0 Å². The molecule has 3 aromatic rings. The molecule has 0 aliphatic rings. The number of nitrogens with zero attached hydrogens (tertiary/aromatic N) is 1. The summed E-state index contributed by atoms with van der Waals surface area (Å²) in [5, 5.41) is 3.17. The molecule has 0 N–H and O–H groups in total. The van der Waals surface area contributed by atoms with Gasteiger partial charge in [0.15, 0.2) is 11.5 Å². The molecule has 1 heterocycles. The van der Waals surface area contributed by atoms with Crippen LogP contribution in [0.2, 0.25) is 0 Å². The van der Waals surface area contributed by atoms with E-state index in [4.69, 9.17) is 19.2 Å². The zero-order chi connectivity index (χ0) is 18.4. The first kappa shape index (κ1) is 18.3. The summed E-state index contributed by atoms with van der Waals surface area (Å²) in [4.78, 5) is 4.79. The van der Waals surface area contributed by atoms with Crippen LogP contribution in [0.4, 0.5) is 0 Å².